The highest BCUT2D eigenvalue weighted by molar-refractivity contribution is 5.77. The summed E-state index contributed by atoms with van der Waals surface area (Å²) in [6, 6.07) is 0.277. The number of guanidine groups is 1. The third-order valence-corrected chi connectivity index (χ3v) is 2.80. The lowest BCUT2D eigenvalue weighted by Gasteiger charge is -2.22. The fraction of sp³-hybridized carbons (Fsp3) is 0.909. The molecule has 0 bridgehead atoms. The average Bonchev–Trinajstić information content (AvgIpc) is 2.50. The van der Waals surface area contributed by atoms with Crippen LogP contribution in [0.2, 0.25) is 0 Å². The average molecular weight is 212 g/mol. The van der Waals surface area contributed by atoms with Crippen LogP contribution >= 0.6 is 0 Å². The van der Waals surface area contributed by atoms with Crippen LogP contribution in [0.5, 0.6) is 0 Å². The lowest BCUT2D eigenvalue weighted by molar-refractivity contribution is 0.353. The summed E-state index contributed by atoms with van der Waals surface area (Å²) in [6.07, 6.45) is 1.27. The Morgan fingerprint density at radius 2 is 2.27 bits per heavy atom. The Morgan fingerprint density at radius 1 is 1.60 bits per heavy atom. The molecule has 1 aliphatic rings. The van der Waals surface area contributed by atoms with E-state index in [2.05, 4.69) is 21.8 Å². The van der Waals surface area contributed by atoms with Crippen LogP contribution in [0.25, 0.3) is 0 Å². The Kier molecular flexibility index (Phi) is 4.39. The van der Waals surface area contributed by atoms with Crippen molar-refractivity contribution in [1.29, 1.82) is 0 Å². The highest BCUT2D eigenvalue weighted by atomic mass is 15.2. The molecule has 1 rings (SSSR count). The summed E-state index contributed by atoms with van der Waals surface area (Å²) in [5.74, 6) is 1.40. The Bertz CT molecular complexity index is 225. The summed E-state index contributed by atoms with van der Waals surface area (Å²) >= 11 is 0. The lowest BCUT2D eigenvalue weighted by Crippen LogP contribution is -2.38. The molecule has 88 valence electrons. The fourth-order valence-electron chi connectivity index (χ4n) is 2.02. The Hall–Kier alpha value is -0.770. The summed E-state index contributed by atoms with van der Waals surface area (Å²) in [4.78, 5) is 8.79. The standard InChI is InChI=1S/C11H24N4/c1-9(2)13-11(12)15(4)8-10-5-6-14(3)7-10/h9-10H,5-8H2,1-4H3,(H2,12,13). The molecule has 0 aliphatic carbocycles. The minimum absolute atomic E-state index is 0.277. The molecule has 0 aromatic rings. The molecule has 1 heterocycles. The van der Waals surface area contributed by atoms with Gasteiger partial charge >= 0.3 is 0 Å². The van der Waals surface area contributed by atoms with Gasteiger partial charge in [0.05, 0.1) is 0 Å². The highest BCUT2D eigenvalue weighted by Gasteiger charge is 2.21. The second-order valence-electron chi connectivity index (χ2n) is 4.88. The number of likely N-dealkylation sites (tertiary alicyclic amines) is 1. The Balaban J connectivity index is 2.38. The van der Waals surface area contributed by atoms with Crippen LogP contribution in [0.1, 0.15) is 20.3 Å². The smallest absolute Gasteiger partial charge is 0.191 e. The predicted molar refractivity (Wildman–Crippen MR) is 65.0 cm³/mol. The second kappa shape index (κ2) is 5.35. The quantitative estimate of drug-likeness (QED) is 0.550. The first-order valence-corrected chi connectivity index (χ1v) is 5.72. The van der Waals surface area contributed by atoms with Crippen molar-refractivity contribution in [2.24, 2.45) is 16.6 Å². The van der Waals surface area contributed by atoms with E-state index in [1.165, 1.54) is 19.5 Å². The van der Waals surface area contributed by atoms with E-state index in [9.17, 15) is 0 Å². The number of nitrogens with zero attached hydrogens (tertiary/aromatic N) is 3. The third-order valence-electron chi connectivity index (χ3n) is 2.80. The van der Waals surface area contributed by atoms with Gasteiger partial charge in [-0.05, 0) is 39.8 Å². The van der Waals surface area contributed by atoms with E-state index in [4.69, 9.17) is 5.73 Å². The lowest BCUT2D eigenvalue weighted by atomic mass is 10.1. The molecular formula is C11H24N4. The predicted octanol–water partition coefficient (Wildman–Crippen LogP) is 0.593. The first-order valence-electron chi connectivity index (χ1n) is 5.72. The molecule has 15 heavy (non-hydrogen) atoms. The molecular weight excluding hydrogens is 188 g/mol. The monoisotopic (exact) mass is 212 g/mol. The number of hydrogen-bond donors (Lipinski definition) is 1. The van der Waals surface area contributed by atoms with Crippen molar-refractivity contribution in [2.45, 2.75) is 26.3 Å². The first-order chi connectivity index (χ1) is 6.99. The molecule has 0 aromatic heterocycles. The Morgan fingerprint density at radius 3 is 2.73 bits per heavy atom. The Labute approximate surface area is 93.1 Å². The van der Waals surface area contributed by atoms with Gasteiger partial charge in [-0.2, -0.15) is 0 Å². The number of nitrogens with two attached hydrogens (primary N) is 1. The SMILES string of the molecule is CC(C)N=C(N)N(C)CC1CCN(C)C1. The topological polar surface area (TPSA) is 44.9 Å². The molecule has 0 amide bonds. The molecule has 4 heteroatoms. The van der Waals surface area contributed by atoms with Gasteiger partial charge in [-0.15, -0.1) is 0 Å². The van der Waals surface area contributed by atoms with E-state index in [1.54, 1.807) is 0 Å². The maximum Gasteiger partial charge on any atom is 0.191 e. The molecule has 1 aliphatic heterocycles. The number of rotatable bonds is 3. The van der Waals surface area contributed by atoms with Gasteiger partial charge in [-0.3, -0.25) is 4.99 Å². The maximum absolute atomic E-state index is 5.89. The molecule has 1 unspecified atom stereocenters. The zero-order valence-electron chi connectivity index (χ0n) is 10.4. The van der Waals surface area contributed by atoms with Gasteiger partial charge in [0.2, 0.25) is 0 Å². The van der Waals surface area contributed by atoms with Crippen LogP contribution < -0.4 is 5.73 Å². The van der Waals surface area contributed by atoms with Gasteiger partial charge in [0.15, 0.2) is 5.96 Å². The van der Waals surface area contributed by atoms with E-state index in [1.807, 2.05) is 20.9 Å². The van der Waals surface area contributed by atoms with Gasteiger partial charge in [-0.1, -0.05) is 0 Å². The van der Waals surface area contributed by atoms with Crippen LogP contribution in [-0.4, -0.2) is 55.5 Å². The molecule has 2 N–H and O–H groups in total. The molecule has 1 atom stereocenters. The van der Waals surface area contributed by atoms with Crippen LogP contribution in [-0.2, 0) is 0 Å². The van der Waals surface area contributed by atoms with Crippen molar-refractivity contribution >= 4 is 5.96 Å². The van der Waals surface area contributed by atoms with E-state index in [0.29, 0.717) is 5.96 Å². The van der Waals surface area contributed by atoms with E-state index in [0.717, 1.165) is 12.5 Å². The van der Waals surface area contributed by atoms with E-state index >= 15 is 0 Å². The summed E-state index contributed by atoms with van der Waals surface area (Å²) in [7, 11) is 4.20. The van der Waals surface area contributed by atoms with Gasteiger partial charge in [0.25, 0.3) is 0 Å². The summed E-state index contributed by atoms with van der Waals surface area (Å²) < 4.78 is 0. The number of hydrogen-bond acceptors (Lipinski definition) is 2. The second-order valence-corrected chi connectivity index (χ2v) is 4.88. The van der Waals surface area contributed by atoms with Crippen LogP contribution in [0, 0.1) is 5.92 Å². The normalized spacial score (nSPS) is 23.8. The third kappa shape index (κ3) is 4.08. The van der Waals surface area contributed by atoms with E-state index in [-0.39, 0.29) is 6.04 Å². The molecule has 4 nitrogen and oxygen atoms in total. The highest BCUT2D eigenvalue weighted by Crippen LogP contribution is 2.14. The summed E-state index contributed by atoms with van der Waals surface area (Å²) in [5, 5.41) is 0. The first kappa shape index (κ1) is 12.3. The van der Waals surface area contributed by atoms with Crippen LogP contribution in [0.4, 0.5) is 0 Å². The zero-order valence-corrected chi connectivity index (χ0v) is 10.4. The zero-order chi connectivity index (χ0) is 11.4. The fourth-order valence-corrected chi connectivity index (χ4v) is 2.02. The molecule has 1 fully saturated rings. The van der Waals surface area contributed by atoms with Crippen molar-refractivity contribution < 1.29 is 0 Å². The molecule has 0 saturated carbocycles. The van der Waals surface area contributed by atoms with Crippen LogP contribution in [0.15, 0.2) is 4.99 Å². The van der Waals surface area contributed by atoms with Crippen molar-refractivity contribution in [1.82, 2.24) is 9.80 Å². The summed E-state index contributed by atoms with van der Waals surface area (Å²) in [5.41, 5.74) is 5.89. The van der Waals surface area contributed by atoms with Gasteiger partial charge in [-0.25, -0.2) is 0 Å². The molecule has 0 aromatic carbocycles. The number of aliphatic imine (C=N–C) groups is 1. The van der Waals surface area contributed by atoms with Crippen molar-refractivity contribution in [3.63, 3.8) is 0 Å². The van der Waals surface area contributed by atoms with Crippen molar-refractivity contribution in [3.8, 4) is 0 Å². The van der Waals surface area contributed by atoms with E-state index < -0.39 is 0 Å². The van der Waals surface area contributed by atoms with Gasteiger partial charge in [0.1, 0.15) is 0 Å². The van der Waals surface area contributed by atoms with Crippen molar-refractivity contribution in [2.75, 3.05) is 33.7 Å². The minimum atomic E-state index is 0.277. The molecule has 0 radical (unpaired) electrons. The van der Waals surface area contributed by atoms with Gasteiger partial charge < -0.3 is 15.5 Å². The molecule has 0 spiro atoms. The molecule has 1 saturated heterocycles. The van der Waals surface area contributed by atoms with Crippen LogP contribution in [0.3, 0.4) is 0 Å². The van der Waals surface area contributed by atoms with Crippen molar-refractivity contribution in [3.05, 3.63) is 0 Å². The minimum Gasteiger partial charge on any atom is -0.370 e. The summed E-state index contributed by atoms with van der Waals surface area (Å²) in [6.45, 7) is 7.50. The van der Waals surface area contributed by atoms with Gasteiger partial charge in [0, 0.05) is 26.2 Å². The maximum atomic E-state index is 5.89. The largest absolute Gasteiger partial charge is 0.370 e.